The van der Waals surface area contributed by atoms with E-state index >= 15 is 0 Å². The van der Waals surface area contributed by atoms with Gasteiger partial charge >= 0.3 is 5.97 Å². The lowest BCUT2D eigenvalue weighted by Crippen LogP contribution is -2.09. The van der Waals surface area contributed by atoms with Crippen molar-refractivity contribution in [2.45, 2.75) is 59.5 Å². The third kappa shape index (κ3) is 4.58. The van der Waals surface area contributed by atoms with Gasteiger partial charge in [0.25, 0.3) is 0 Å². The average molecular weight is 264 g/mol. The molecule has 0 unspecified atom stereocenters. The maximum Gasteiger partial charge on any atom is 0.303 e. The van der Waals surface area contributed by atoms with Crippen LogP contribution in [0.2, 0.25) is 0 Å². The Morgan fingerprint density at radius 1 is 1.26 bits per heavy atom. The van der Waals surface area contributed by atoms with Crippen LogP contribution in [-0.4, -0.2) is 17.2 Å². The Balaban J connectivity index is 3.09. The zero-order valence-electron chi connectivity index (χ0n) is 12.5. The highest BCUT2D eigenvalue weighted by Crippen LogP contribution is 2.31. The molecular formula is C16H24O3. The summed E-state index contributed by atoms with van der Waals surface area (Å²) in [6, 6.07) is 4.13. The molecule has 0 amide bonds. The molecule has 0 fully saturated rings. The van der Waals surface area contributed by atoms with Gasteiger partial charge in [0.1, 0.15) is 5.75 Å². The lowest BCUT2D eigenvalue weighted by atomic mass is 9.94. The van der Waals surface area contributed by atoms with Crippen molar-refractivity contribution >= 4 is 5.97 Å². The van der Waals surface area contributed by atoms with E-state index < -0.39 is 5.97 Å². The van der Waals surface area contributed by atoms with Crippen molar-refractivity contribution in [2.24, 2.45) is 0 Å². The number of ether oxygens (including phenoxy) is 1. The van der Waals surface area contributed by atoms with E-state index in [0.717, 1.165) is 22.4 Å². The molecule has 0 heterocycles. The van der Waals surface area contributed by atoms with Crippen LogP contribution in [-0.2, 0) is 11.2 Å². The summed E-state index contributed by atoms with van der Waals surface area (Å²) in [7, 11) is 0. The van der Waals surface area contributed by atoms with Gasteiger partial charge in [0.2, 0.25) is 0 Å². The summed E-state index contributed by atoms with van der Waals surface area (Å²) in [5, 5.41) is 8.79. The normalized spacial score (nSPS) is 11.1. The summed E-state index contributed by atoms with van der Waals surface area (Å²) in [6.07, 6.45) is 0.882. The van der Waals surface area contributed by atoms with Gasteiger partial charge in [-0.05, 0) is 55.9 Å². The maximum absolute atomic E-state index is 10.7. The van der Waals surface area contributed by atoms with Crippen molar-refractivity contribution in [1.29, 1.82) is 0 Å². The Kier molecular flexibility index (Phi) is 5.40. The van der Waals surface area contributed by atoms with E-state index in [1.807, 2.05) is 26.8 Å². The van der Waals surface area contributed by atoms with Crippen LogP contribution < -0.4 is 4.74 Å². The quantitative estimate of drug-likeness (QED) is 0.847. The topological polar surface area (TPSA) is 46.5 Å². The lowest BCUT2D eigenvalue weighted by molar-refractivity contribution is -0.136. The van der Waals surface area contributed by atoms with Crippen LogP contribution in [0, 0.1) is 6.92 Å². The molecule has 0 aliphatic rings. The molecule has 0 aliphatic heterocycles. The second kappa shape index (κ2) is 6.60. The minimum absolute atomic E-state index is 0.141. The molecule has 0 spiro atoms. The standard InChI is InChI=1S/C16H24O3/c1-10(2)14-9-13(6-7-16(17)18)12(5)8-15(14)19-11(3)4/h8-11H,6-7H2,1-5H3,(H,17,18). The highest BCUT2D eigenvalue weighted by Gasteiger charge is 2.13. The van der Waals surface area contributed by atoms with E-state index in [9.17, 15) is 4.79 Å². The fraction of sp³-hybridized carbons (Fsp3) is 0.562. The number of benzene rings is 1. The predicted molar refractivity (Wildman–Crippen MR) is 77.0 cm³/mol. The fourth-order valence-electron chi connectivity index (χ4n) is 2.06. The molecular weight excluding hydrogens is 240 g/mol. The molecule has 106 valence electrons. The number of aliphatic carboxylic acids is 1. The monoisotopic (exact) mass is 264 g/mol. The summed E-state index contributed by atoms with van der Waals surface area (Å²) >= 11 is 0. The molecule has 0 saturated heterocycles. The smallest absolute Gasteiger partial charge is 0.303 e. The summed E-state index contributed by atoms with van der Waals surface area (Å²) < 4.78 is 5.85. The Morgan fingerprint density at radius 2 is 1.89 bits per heavy atom. The largest absolute Gasteiger partial charge is 0.491 e. The third-order valence-electron chi connectivity index (χ3n) is 3.06. The number of hydrogen-bond acceptors (Lipinski definition) is 2. The van der Waals surface area contributed by atoms with Gasteiger partial charge in [-0.1, -0.05) is 19.9 Å². The summed E-state index contributed by atoms with van der Waals surface area (Å²) in [5.41, 5.74) is 3.35. The van der Waals surface area contributed by atoms with Crippen LogP contribution in [0.25, 0.3) is 0 Å². The van der Waals surface area contributed by atoms with E-state index in [2.05, 4.69) is 19.9 Å². The molecule has 0 atom stereocenters. The number of carbonyl (C=O) groups is 1. The van der Waals surface area contributed by atoms with Crippen LogP contribution in [0.4, 0.5) is 0 Å². The van der Waals surface area contributed by atoms with Gasteiger partial charge in [0.05, 0.1) is 6.10 Å². The van der Waals surface area contributed by atoms with Crippen LogP contribution in [0.5, 0.6) is 5.75 Å². The highest BCUT2D eigenvalue weighted by molar-refractivity contribution is 5.67. The number of carboxylic acids is 1. The molecule has 0 aliphatic carbocycles. The van der Waals surface area contributed by atoms with Crippen LogP contribution in [0.3, 0.4) is 0 Å². The van der Waals surface area contributed by atoms with E-state index in [-0.39, 0.29) is 12.5 Å². The first kappa shape index (κ1) is 15.5. The molecule has 3 heteroatoms. The van der Waals surface area contributed by atoms with E-state index in [4.69, 9.17) is 9.84 Å². The number of rotatable bonds is 6. The summed E-state index contributed by atoms with van der Waals surface area (Å²) in [4.78, 5) is 10.7. The maximum atomic E-state index is 10.7. The molecule has 0 aromatic heterocycles. The molecule has 0 bridgehead atoms. The third-order valence-corrected chi connectivity index (χ3v) is 3.06. The van der Waals surface area contributed by atoms with Crippen molar-refractivity contribution in [3.05, 3.63) is 28.8 Å². The van der Waals surface area contributed by atoms with Gasteiger partial charge < -0.3 is 9.84 Å². The minimum Gasteiger partial charge on any atom is -0.491 e. The fourth-order valence-corrected chi connectivity index (χ4v) is 2.06. The number of carboxylic acid groups (broad SMARTS) is 1. The van der Waals surface area contributed by atoms with Gasteiger partial charge in [-0.15, -0.1) is 0 Å². The number of hydrogen-bond donors (Lipinski definition) is 1. The molecule has 3 nitrogen and oxygen atoms in total. The first-order valence-corrected chi connectivity index (χ1v) is 6.83. The SMILES string of the molecule is Cc1cc(OC(C)C)c(C(C)C)cc1CCC(=O)O. The molecule has 1 N–H and O–H groups in total. The van der Waals surface area contributed by atoms with Crippen LogP contribution in [0.15, 0.2) is 12.1 Å². The van der Waals surface area contributed by atoms with Crippen molar-refractivity contribution in [1.82, 2.24) is 0 Å². The van der Waals surface area contributed by atoms with Gasteiger partial charge in [-0.25, -0.2) is 0 Å². The van der Waals surface area contributed by atoms with Gasteiger partial charge in [-0.2, -0.15) is 0 Å². The van der Waals surface area contributed by atoms with Crippen molar-refractivity contribution in [2.75, 3.05) is 0 Å². The average Bonchev–Trinajstić information content (AvgIpc) is 2.26. The zero-order valence-corrected chi connectivity index (χ0v) is 12.5. The Hall–Kier alpha value is -1.51. The van der Waals surface area contributed by atoms with Gasteiger partial charge in [0, 0.05) is 6.42 Å². The highest BCUT2D eigenvalue weighted by atomic mass is 16.5. The summed E-state index contributed by atoms with van der Waals surface area (Å²) in [5.74, 6) is 0.521. The van der Waals surface area contributed by atoms with Crippen LogP contribution >= 0.6 is 0 Å². The Morgan fingerprint density at radius 3 is 2.37 bits per heavy atom. The zero-order chi connectivity index (χ0) is 14.6. The second-order valence-corrected chi connectivity index (χ2v) is 5.53. The van der Waals surface area contributed by atoms with E-state index in [0.29, 0.717) is 12.3 Å². The summed E-state index contributed by atoms with van der Waals surface area (Å²) in [6.45, 7) is 10.3. The van der Waals surface area contributed by atoms with E-state index in [1.165, 1.54) is 0 Å². The number of aryl methyl sites for hydroxylation is 2. The predicted octanol–water partition coefficient (Wildman–Crippen LogP) is 3.92. The van der Waals surface area contributed by atoms with Gasteiger partial charge in [0.15, 0.2) is 0 Å². The van der Waals surface area contributed by atoms with Crippen LogP contribution in [0.1, 0.15) is 56.7 Å². The first-order chi connectivity index (χ1) is 8.81. The van der Waals surface area contributed by atoms with Crippen molar-refractivity contribution in [3.63, 3.8) is 0 Å². The molecule has 0 saturated carbocycles. The van der Waals surface area contributed by atoms with E-state index in [1.54, 1.807) is 0 Å². The second-order valence-electron chi connectivity index (χ2n) is 5.53. The Bertz CT molecular complexity index is 448. The Labute approximate surface area is 115 Å². The van der Waals surface area contributed by atoms with Crippen molar-refractivity contribution in [3.8, 4) is 5.75 Å². The lowest BCUT2D eigenvalue weighted by Gasteiger charge is -2.19. The molecule has 1 rings (SSSR count). The molecule has 1 aromatic carbocycles. The van der Waals surface area contributed by atoms with Crippen molar-refractivity contribution < 1.29 is 14.6 Å². The first-order valence-electron chi connectivity index (χ1n) is 6.83. The minimum atomic E-state index is -0.756. The van der Waals surface area contributed by atoms with Gasteiger partial charge in [-0.3, -0.25) is 4.79 Å². The molecule has 0 radical (unpaired) electrons. The molecule has 1 aromatic rings. The molecule has 19 heavy (non-hydrogen) atoms.